The van der Waals surface area contributed by atoms with Crippen molar-refractivity contribution in [3.05, 3.63) is 154 Å². The van der Waals surface area contributed by atoms with Crippen LogP contribution in [-0.4, -0.2) is 11.9 Å². The highest BCUT2D eigenvalue weighted by atomic mass is 15.1. The average Bonchev–Trinajstić information content (AvgIpc) is 3.12. The normalized spacial score (nSPS) is 14.5. The maximum atomic E-state index is 2.48. The summed E-state index contributed by atoms with van der Waals surface area (Å²) in [6, 6.07) is 39.5. The number of unbranched alkanes of at least 4 members (excludes halogenated alkanes) is 1. The third-order valence-electron chi connectivity index (χ3n) is 10.7. The Morgan fingerprint density at radius 3 is 2.27 bits per heavy atom. The lowest BCUT2D eigenvalue weighted by Gasteiger charge is -2.34. The summed E-state index contributed by atoms with van der Waals surface area (Å²) < 4.78 is 2.48. The van der Waals surface area contributed by atoms with Crippen LogP contribution in [0.5, 0.6) is 0 Å². The molecule has 0 saturated heterocycles. The van der Waals surface area contributed by atoms with Crippen molar-refractivity contribution in [2.45, 2.75) is 84.7 Å². The first kappa shape index (κ1) is 32.8. The fourth-order valence-corrected chi connectivity index (χ4v) is 7.85. The molecule has 0 spiro atoms. The van der Waals surface area contributed by atoms with Crippen molar-refractivity contribution >= 4 is 27.6 Å². The molecule has 1 aliphatic heterocycles. The zero-order valence-electron chi connectivity index (χ0n) is 30.3. The van der Waals surface area contributed by atoms with Gasteiger partial charge in [0.25, 0.3) is 0 Å². The first-order valence-electron chi connectivity index (χ1n) is 18.3. The molecule has 0 radical (unpaired) electrons. The lowest BCUT2D eigenvalue weighted by molar-refractivity contribution is -0.685. The van der Waals surface area contributed by atoms with Gasteiger partial charge < -0.3 is 4.90 Å². The van der Waals surface area contributed by atoms with Gasteiger partial charge in [-0.05, 0) is 97.3 Å². The van der Waals surface area contributed by atoms with Gasteiger partial charge in [-0.2, -0.15) is 4.57 Å². The van der Waals surface area contributed by atoms with E-state index in [0.29, 0.717) is 0 Å². The van der Waals surface area contributed by atoms with Crippen molar-refractivity contribution in [3.63, 3.8) is 0 Å². The highest BCUT2D eigenvalue weighted by molar-refractivity contribution is 6.10. The van der Waals surface area contributed by atoms with Crippen LogP contribution in [0.25, 0.3) is 38.9 Å². The SMILES string of the molecule is CCCCc1ccc2c(ccc3c4c(ccc32)C(c2ccccc2CC[n+]2ccc(C(C)(C)C)cc2-c2ccccc2CC)N(C)C=C4)c1. The van der Waals surface area contributed by atoms with Crippen LogP contribution in [0.2, 0.25) is 0 Å². The van der Waals surface area contributed by atoms with Crippen LogP contribution in [0.3, 0.4) is 0 Å². The molecule has 1 aliphatic rings. The van der Waals surface area contributed by atoms with Crippen LogP contribution in [0.15, 0.2) is 116 Å². The fourth-order valence-electron chi connectivity index (χ4n) is 7.85. The van der Waals surface area contributed by atoms with E-state index in [1.54, 1.807) is 0 Å². The number of rotatable bonds is 9. The van der Waals surface area contributed by atoms with E-state index in [0.717, 1.165) is 25.8 Å². The summed E-state index contributed by atoms with van der Waals surface area (Å²) in [6.07, 6.45) is 12.5. The number of nitrogens with zero attached hydrogens (tertiary/aromatic N) is 2. The Morgan fingerprint density at radius 2 is 1.47 bits per heavy atom. The lowest BCUT2D eigenvalue weighted by Crippen LogP contribution is -2.38. The van der Waals surface area contributed by atoms with Crippen molar-refractivity contribution in [2.24, 2.45) is 0 Å². The summed E-state index contributed by atoms with van der Waals surface area (Å²) in [7, 11) is 2.23. The monoisotopic (exact) mass is 643 g/mol. The zero-order chi connectivity index (χ0) is 34.1. The van der Waals surface area contributed by atoms with Gasteiger partial charge in [0, 0.05) is 37.4 Å². The number of fused-ring (bicyclic) bond motifs is 5. The molecule has 248 valence electrons. The Hall–Kier alpha value is -4.69. The number of hydrogen-bond acceptors (Lipinski definition) is 1. The topological polar surface area (TPSA) is 7.12 Å². The summed E-state index contributed by atoms with van der Waals surface area (Å²) in [4.78, 5) is 2.39. The quantitative estimate of drug-likeness (QED) is 0.112. The van der Waals surface area contributed by atoms with Gasteiger partial charge in [-0.25, -0.2) is 0 Å². The minimum absolute atomic E-state index is 0.0854. The van der Waals surface area contributed by atoms with E-state index in [9.17, 15) is 0 Å². The second-order valence-corrected chi connectivity index (χ2v) is 15.0. The molecule has 7 rings (SSSR count). The summed E-state index contributed by atoms with van der Waals surface area (Å²) in [5.41, 5.74) is 12.5. The van der Waals surface area contributed by atoms with Gasteiger partial charge in [0.05, 0.1) is 6.04 Å². The molecule has 2 nitrogen and oxygen atoms in total. The van der Waals surface area contributed by atoms with E-state index in [4.69, 9.17) is 0 Å². The van der Waals surface area contributed by atoms with Gasteiger partial charge in [0.1, 0.15) is 0 Å². The number of hydrogen-bond donors (Lipinski definition) is 0. The van der Waals surface area contributed by atoms with Gasteiger partial charge in [0.2, 0.25) is 5.69 Å². The van der Waals surface area contributed by atoms with Crippen molar-refractivity contribution < 1.29 is 4.57 Å². The molecule has 0 aliphatic carbocycles. The third kappa shape index (κ3) is 6.42. The summed E-state index contributed by atoms with van der Waals surface area (Å²) >= 11 is 0. The molecule has 2 heterocycles. The summed E-state index contributed by atoms with van der Waals surface area (Å²) in [5.74, 6) is 0. The van der Waals surface area contributed by atoms with Gasteiger partial charge in [-0.3, -0.25) is 0 Å². The maximum Gasteiger partial charge on any atom is 0.213 e. The molecule has 1 unspecified atom stereocenters. The number of aromatic nitrogens is 1. The standard InChI is InChI=1S/C47H51N2/c1-7-9-14-33-19-21-38-36(31-33)20-22-42-41(38)23-24-44-43(42)27-28-48(6)46(44)40-18-13-11-16-35(40)25-29-49-30-26-37(47(3,4)5)32-45(49)39-17-12-10-15-34(39)8-2/h10-13,15-24,26-28,30-32,46H,7-9,14,25,29H2,1-6H3/q+1. The predicted octanol–water partition coefficient (Wildman–Crippen LogP) is 11.4. The van der Waals surface area contributed by atoms with Crippen LogP contribution < -0.4 is 4.57 Å². The average molecular weight is 644 g/mol. The smallest absolute Gasteiger partial charge is 0.213 e. The Bertz CT molecular complexity index is 2160. The number of aryl methyl sites for hydroxylation is 4. The van der Waals surface area contributed by atoms with Crippen molar-refractivity contribution in [3.8, 4) is 11.3 Å². The van der Waals surface area contributed by atoms with Gasteiger partial charge >= 0.3 is 0 Å². The minimum Gasteiger partial charge on any atom is -0.369 e. The molecule has 6 aromatic rings. The Labute approximate surface area is 293 Å². The molecule has 1 aromatic heterocycles. The summed E-state index contributed by atoms with van der Waals surface area (Å²) in [6.45, 7) is 12.4. The van der Waals surface area contributed by atoms with Crippen molar-refractivity contribution in [1.29, 1.82) is 0 Å². The first-order valence-corrected chi connectivity index (χ1v) is 18.3. The molecule has 0 fully saturated rings. The molecule has 1 atom stereocenters. The third-order valence-corrected chi connectivity index (χ3v) is 10.7. The Kier molecular flexibility index (Phi) is 9.16. The molecule has 0 saturated carbocycles. The van der Waals surface area contributed by atoms with Crippen LogP contribution in [0, 0.1) is 0 Å². The minimum atomic E-state index is 0.0854. The van der Waals surface area contributed by atoms with Gasteiger partial charge in [-0.1, -0.05) is 126 Å². The molecule has 49 heavy (non-hydrogen) atoms. The molecule has 2 heteroatoms. The van der Waals surface area contributed by atoms with Gasteiger partial charge in [-0.15, -0.1) is 0 Å². The van der Waals surface area contributed by atoms with Crippen LogP contribution in [-0.2, 0) is 31.2 Å². The zero-order valence-corrected chi connectivity index (χ0v) is 30.3. The molecular formula is C47H51N2+. The van der Waals surface area contributed by atoms with Crippen molar-refractivity contribution in [1.82, 2.24) is 4.90 Å². The van der Waals surface area contributed by atoms with E-state index < -0.39 is 0 Å². The first-order chi connectivity index (χ1) is 23.8. The lowest BCUT2D eigenvalue weighted by atomic mass is 9.84. The highest BCUT2D eigenvalue weighted by Gasteiger charge is 2.27. The second kappa shape index (κ2) is 13.7. The molecule has 0 N–H and O–H groups in total. The van der Waals surface area contributed by atoms with Crippen molar-refractivity contribution in [2.75, 3.05) is 7.05 Å². The molecular weight excluding hydrogens is 593 g/mol. The van der Waals surface area contributed by atoms with E-state index in [2.05, 4.69) is 173 Å². The van der Waals surface area contributed by atoms with Gasteiger partial charge in [0.15, 0.2) is 12.7 Å². The predicted molar refractivity (Wildman–Crippen MR) is 209 cm³/mol. The fraction of sp³-hybridized carbons (Fsp3) is 0.298. The Balaban J connectivity index is 1.25. The van der Waals surface area contributed by atoms with Crippen LogP contribution >= 0.6 is 0 Å². The van der Waals surface area contributed by atoms with E-state index in [-0.39, 0.29) is 11.5 Å². The molecule has 5 aromatic carbocycles. The van der Waals surface area contributed by atoms with Crippen LogP contribution in [0.1, 0.15) is 92.4 Å². The molecule has 0 bridgehead atoms. The number of pyridine rings is 1. The molecule has 0 amide bonds. The highest BCUT2D eigenvalue weighted by Crippen LogP contribution is 2.41. The van der Waals surface area contributed by atoms with E-state index in [1.807, 2.05) is 0 Å². The summed E-state index contributed by atoms with van der Waals surface area (Å²) in [5, 5.41) is 5.37. The second-order valence-electron chi connectivity index (χ2n) is 15.0. The number of benzene rings is 5. The van der Waals surface area contributed by atoms with E-state index >= 15 is 0 Å². The Morgan fingerprint density at radius 1 is 0.714 bits per heavy atom. The largest absolute Gasteiger partial charge is 0.369 e. The maximum absolute atomic E-state index is 2.48. The van der Waals surface area contributed by atoms with Crippen LogP contribution in [0.4, 0.5) is 0 Å². The van der Waals surface area contributed by atoms with E-state index in [1.165, 1.54) is 84.6 Å².